The van der Waals surface area contributed by atoms with Crippen LogP contribution in [0, 0.1) is 0 Å². The number of nitrogens with one attached hydrogen (secondary N) is 2. The lowest BCUT2D eigenvalue weighted by Crippen LogP contribution is -2.54. The molecule has 0 saturated carbocycles. The first kappa shape index (κ1) is 17.8. The highest BCUT2D eigenvalue weighted by Crippen LogP contribution is 2.15. The normalized spacial score (nSPS) is 17.2. The highest BCUT2D eigenvalue weighted by molar-refractivity contribution is 5.86. The molecule has 1 unspecified atom stereocenters. The van der Waals surface area contributed by atoms with E-state index in [2.05, 4.69) is 24.5 Å². The molecule has 1 atom stereocenters. The van der Waals surface area contributed by atoms with Crippen LogP contribution in [0.4, 0.5) is 4.79 Å². The zero-order valence-corrected chi connectivity index (χ0v) is 13.4. The van der Waals surface area contributed by atoms with Gasteiger partial charge in [-0.1, -0.05) is 26.7 Å². The van der Waals surface area contributed by atoms with Gasteiger partial charge in [-0.05, 0) is 38.8 Å². The van der Waals surface area contributed by atoms with Gasteiger partial charge in [0.15, 0.2) is 0 Å². The molecule has 0 aromatic heterocycles. The smallest absolute Gasteiger partial charge is 0.312 e. The van der Waals surface area contributed by atoms with Crippen molar-refractivity contribution in [1.82, 2.24) is 15.5 Å². The molecule has 6 heteroatoms. The molecule has 0 aromatic carbocycles. The van der Waals surface area contributed by atoms with Crippen molar-refractivity contribution in [3.63, 3.8) is 0 Å². The van der Waals surface area contributed by atoms with Gasteiger partial charge in [0, 0.05) is 12.6 Å². The molecule has 3 amide bonds. The minimum atomic E-state index is -0.619. The third-order valence-corrected chi connectivity index (χ3v) is 3.96. The highest BCUT2D eigenvalue weighted by Gasteiger charge is 2.30. The molecule has 0 aromatic rings. The van der Waals surface area contributed by atoms with Crippen LogP contribution in [-0.4, -0.2) is 48.6 Å². The van der Waals surface area contributed by atoms with Gasteiger partial charge in [-0.25, -0.2) is 4.79 Å². The number of hydrogen-bond acceptors (Lipinski definition) is 3. The molecule has 0 radical (unpaired) electrons. The van der Waals surface area contributed by atoms with Crippen molar-refractivity contribution in [2.75, 3.05) is 19.6 Å². The summed E-state index contributed by atoms with van der Waals surface area (Å²) < 4.78 is 0. The summed E-state index contributed by atoms with van der Waals surface area (Å²) >= 11 is 0. The predicted octanol–water partition coefficient (Wildman–Crippen LogP) is 1.20. The first-order valence-electron chi connectivity index (χ1n) is 8.17. The Balaban J connectivity index is 2.75. The molecule has 0 aliphatic carbocycles. The van der Waals surface area contributed by atoms with Crippen molar-refractivity contribution in [2.24, 2.45) is 5.73 Å². The number of rotatable bonds is 8. The van der Waals surface area contributed by atoms with Crippen LogP contribution in [0.25, 0.3) is 0 Å². The largest absolute Gasteiger partial charge is 0.352 e. The second-order valence-corrected chi connectivity index (χ2v) is 5.72. The predicted molar refractivity (Wildman–Crippen MR) is 83.9 cm³/mol. The number of hydrogen-bond donors (Lipinski definition) is 3. The van der Waals surface area contributed by atoms with Gasteiger partial charge in [-0.2, -0.15) is 0 Å². The first-order chi connectivity index (χ1) is 10.1. The van der Waals surface area contributed by atoms with E-state index in [-0.39, 0.29) is 11.9 Å². The lowest BCUT2D eigenvalue weighted by Gasteiger charge is -2.36. The van der Waals surface area contributed by atoms with Crippen molar-refractivity contribution in [3.05, 3.63) is 0 Å². The third-order valence-electron chi connectivity index (χ3n) is 3.96. The van der Waals surface area contributed by atoms with Crippen molar-refractivity contribution in [1.29, 1.82) is 0 Å². The van der Waals surface area contributed by atoms with Gasteiger partial charge in [-0.15, -0.1) is 0 Å². The molecule has 0 bridgehead atoms. The monoisotopic (exact) mass is 298 g/mol. The summed E-state index contributed by atoms with van der Waals surface area (Å²) in [7, 11) is 0. The van der Waals surface area contributed by atoms with Gasteiger partial charge >= 0.3 is 6.03 Å². The van der Waals surface area contributed by atoms with Gasteiger partial charge < -0.3 is 21.3 Å². The van der Waals surface area contributed by atoms with E-state index >= 15 is 0 Å². The lowest BCUT2D eigenvalue weighted by atomic mass is 10.0. The third kappa shape index (κ3) is 5.91. The van der Waals surface area contributed by atoms with Crippen molar-refractivity contribution < 1.29 is 9.59 Å². The average molecular weight is 298 g/mol. The molecule has 1 saturated heterocycles. The second-order valence-electron chi connectivity index (χ2n) is 5.72. The first-order valence-corrected chi connectivity index (χ1v) is 8.17. The molecule has 1 aliphatic heterocycles. The van der Waals surface area contributed by atoms with Gasteiger partial charge in [0.2, 0.25) is 5.91 Å². The van der Waals surface area contributed by atoms with Crippen LogP contribution in [-0.2, 0) is 4.79 Å². The summed E-state index contributed by atoms with van der Waals surface area (Å²) in [6.07, 6.45) is 5.43. The summed E-state index contributed by atoms with van der Waals surface area (Å²) in [4.78, 5) is 25.9. The summed E-state index contributed by atoms with van der Waals surface area (Å²) in [5.41, 5.74) is 5.22. The van der Waals surface area contributed by atoms with Crippen LogP contribution in [0.1, 0.15) is 52.4 Å². The average Bonchev–Trinajstić information content (AvgIpc) is 2.49. The Morgan fingerprint density at radius 3 is 2.48 bits per heavy atom. The lowest BCUT2D eigenvalue weighted by molar-refractivity contribution is -0.136. The minimum Gasteiger partial charge on any atom is -0.352 e. The second kappa shape index (κ2) is 9.60. The maximum Gasteiger partial charge on any atom is 0.312 e. The molecule has 21 heavy (non-hydrogen) atoms. The van der Waals surface area contributed by atoms with Crippen molar-refractivity contribution in [2.45, 2.75) is 64.5 Å². The molecule has 6 nitrogen and oxygen atoms in total. The van der Waals surface area contributed by atoms with E-state index in [0.29, 0.717) is 6.42 Å². The van der Waals surface area contributed by atoms with E-state index in [1.54, 1.807) is 0 Å². The maximum absolute atomic E-state index is 12.8. The number of primary amides is 1. The quantitative estimate of drug-likeness (QED) is 0.629. The van der Waals surface area contributed by atoms with E-state index in [1.165, 1.54) is 0 Å². The molecule has 1 heterocycles. The number of nitrogens with two attached hydrogens (primary N) is 1. The Labute approximate surface area is 127 Å². The van der Waals surface area contributed by atoms with Gasteiger partial charge in [0.05, 0.1) is 0 Å². The number of piperidine rings is 1. The van der Waals surface area contributed by atoms with Crippen LogP contribution < -0.4 is 16.4 Å². The number of carbonyl (C=O) groups excluding carboxylic acids is 2. The molecule has 1 fully saturated rings. The Kier molecular flexibility index (Phi) is 8.12. The topological polar surface area (TPSA) is 87.5 Å². The van der Waals surface area contributed by atoms with Gasteiger partial charge in [0.1, 0.15) is 6.04 Å². The summed E-state index contributed by atoms with van der Waals surface area (Å²) in [5, 5.41) is 5.94. The van der Waals surface area contributed by atoms with E-state index < -0.39 is 12.1 Å². The van der Waals surface area contributed by atoms with E-state index in [4.69, 9.17) is 5.73 Å². The zero-order valence-electron chi connectivity index (χ0n) is 13.4. The minimum absolute atomic E-state index is 0.0241. The SMILES string of the molecule is CCCCC(NC(N)=O)C(=O)N(CCC)C1CCNCC1. The molecular formula is C15H30N4O2. The van der Waals surface area contributed by atoms with Crippen LogP contribution >= 0.6 is 0 Å². The van der Waals surface area contributed by atoms with Crippen LogP contribution in [0.5, 0.6) is 0 Å². The summed E-state index contributed by atoms with van der Waals surface area (Å²) in [6.45, 7) is 6.78. The van der Waals surface area contributed by atoms with Crippen LogP contribution in [0.2, 0.25) is 0 Å². The van der Waals surface area contributed by atoms with Crippen molar-refractivity contribution >= 4 is 11.9 Å². The fourth-order valence-corrected chi connectivity index (χ4v) is 2.87. The molecule has 122 valence electrons. The number of urea groups is 1. The van der Waals surface area contributed by atoms with E-state index in [9.17, 15) is 9.59 Å². The van der Waals surface area contributed by atoms with E-state index in [0.717, 1.165) is 51.7 Å². The van der Waals surface area contributed by atoms with Crippen molar-refractivity contribution in [3.8, 4) is 0 Å². The Bertz CT molecular complexity index is 330. The molecular weight excluding hydrogens is 268 g/mol. The fraction of sp³-hybridized carbons (Fsp3) is 0.867. The number of nitrogens with zero attached hydrogens (tertiary/aromatic N) is 1. The van der Waals surface area contributed by atoms with Crippen LogP contribution in [0.15, 0.2) is 0 Å². The van der Waals surface area contributed by atoms with Gasteiger partial charge in [-0.3, -0.25) is 4.79 Å². The molecule has 1 rings (SSSR count). The molecule has 0 spiro atoms. The van der Waals surface area contributed by atoms with Gasteiger partial charge in [0.25, 0.3) is 0 Å². The standard InChI is InChI=1S/C15H30N4O2/c1-3-5-6-13(18-15(16)21)14(20)19(11-4-2)12-7-9-17-10-8-12/h12-13,17H,3-11H2,1-2H3,(H3,16,18,21). The van der Waals surface area contributed by atoms with E-state index in [1.807, 2.05) is 4.90 Å². The summed E-state index contributed by atoms with van der Waals surface area (Å²) in [6, 6.07) is -0.826. The Hall–Kier alpha value is -1.30. The van der Waals surface area contributed by atoms with Crippen LogP contribution in [0.3, 0.4) is 0 Å². The maximum atomic E-state index is 12.8. The number of unbranched alkanes of at least 4 members (excludes halogenated alkanes) is 1. The fourth-order valence-electron chi connectivity index (χ4n) is 2.87. The molecule has 1 aliphatic rings. The Morgan fingerprint density at radius 1 is 1.29 bits per heavy atom. The zero-order chi connectivity index (χ0) is 15.7. The Morgan fingerprint density at radius 2 is 1.95 bits per heavy atom. The highest BCUT2D eigenvalue weighted by atomic mass is 16.2. The molecule has 4 N–H and O–H groups in total. The number of amides is 3. The number of carbonyl (C=O) groups is 2. The summed E-state index contributed by atoms with van der Waals surface area (Å²) in [5.74, 6) is 0.0241.